The zero-order chi connectivity index (χ0) is 8.65. The van der Waals surface area contributed by atoms with E-state index in [0.717, 1.165) is 12.8 Å². The highest BCUT2D eigenvalue weighted by Crippen LogP contribution is 2.09. The fourth-order valence-corrected chi connectivity index (χ4v) is 1.72. The van der Waals surface area contributed by atoms with Gasteiger partial charge in [-0.15, -0.1) is 0 Å². The van der Waals surface area contributed by atoms with Crippen LogP contribution in [0.4, 0.5) is 0 Å². The summed E-state index contributed by atoms with van der Waals surface area (Å²) in [5.74, 6) is 0. The highest BCUT2D eigenvalue weighted by molar-refractivity contribution is 4.70. The Hall–Kier alpha value is -0.550. The van der Waals surface area contributed by atoms with Crippen LogP contribution in [0.25, 0.3) is 0 Å². The Kier molecular flexibility index (Phi) is 4.79. The van der Waals surface area contributed by atoms with Gasteiger partial charge in [-0.2, -0.15) is 5.26 Å². The van der Waals surface area contributed by atoms with E-state index >= 15 is 0 Å². The van der Waals surface area contributed by atoms with E-state index in [9.17, 15) is 0 Å². The number of piperidine rings is 1. The molecule has 0 aromatic heterocycles. The first-order valence-electron chi connectivity index (χ1n) is 5.03. The molecular weight excluding hydrogens is 148 g/mol. The minimum absolute atomic E-state index is 0.730. The van der Waals surface area contributed by atoms with Crippen molar-refractivity contribution in [2.45, 2.75) is 38.5 Å². The molecule has 0 unspecified atom stereocenters. The molecule has 0 saturated carbocycles. The summed E-state index contributed by atoms with van der Waals surface area (Å²) in [7, 11) is 0. The zero-order valence-corrected chi connectivity index (χ0v) is 7.76. The Labute approximate surface area is 75.2 Å². The van der Waals surface area contributed by atoms with Gasteiger partial charge in [0.2, 0.25) is 0 Å². The quantitative estimate of drug-likeness (QED) is 0.598. The van der Waals surface area contributed by atoms with Gasteiger partial charge >= 0.3 is 0 Å². The number of nitrogens with zero attached hydrogens (tertiary/aromatic N) is 2. The molecular formula is C10H18N2. The Morgan fingerprint density at radius 2 is 1.83 bits per heavy atom. The first-order chi connectivity index (χ1) is 5.93. The molecule has 1 rings (SSSR count). The van der Waals surface area contributed by atoms with Crippen molar-refractivity contribution < 1.29 is 0 Å². The molecule has 1 fully saturated rings. The lowest BCUT2D eigenvalue weighted by molar-refractivity contribution is 0.225. The van der Waals surface area contributed by atoms with Gasteiger partial charge in [0.15, 0.2) is 0 Å². The Balaban J connectivity index is 1.95. The van der Waals surface area contributed by atoms with Gasteiger partial charge in [-0.3, -0.25) is 0 Å². The van der Waals surface area contributed by atoms with E-state index in [0.29, 0.717) is 0 Å². The lowest BCUT2D eigenvalue weighted by Crippen LogP contribution is -2.30. The predicted molar refractivity (Wildman–Crippen MR) is 49.8 cm³/mol. The Morgan fingerprint density at radius 1 is 1.08 bits per heavy atom. The van der Waals surface area contributed by atoms with E-state index in [1.807, 2.05) is 0 Å². The van der Waals surface area contributed by atoms with Crippen molar-refractivity contribution in [1.29, 1.82) is 5.26 Å². The van der Waals surface area contributed by atoms with Crippen molar-refractivity contribution in [2.75, 3.05) is 19.6 Å². The van der Waals surface area contributed by atoms with Crippen LogP contribution in [0, 0.1) is 11.3 Å². The molecule has 0 aliphatic carbocycles. The first kappa shape index (κ1) is 9.54. The monoisotopic (exact) mass is 166 g/mol. The third-order valence-electron chi connectivity index (χ3n) is 2.46. The third-order valence-corrected chi connectivity index (χ3v) is 2.46. The van der Waals surface area contributed by atoms with Gasteiger partial charge in [-0.1, -0.05) is 6.42 Å². The summed E-state index contributed by atoms with van der Waals surface area (Å²) in [6, 6.07) is 2.19. The minimum Gasteiger partial charge on any atom is -0.303 e. The molecule has 2 heteroatoms. The molecule has 1 aliphatic heterocycles. The summed E-state index contributed by atoms with van der Waals surface area (Å²) in [5, 5.41) is 8.34. The molecule has 12 heavy (non-hydrogen) atoms. The zero-order valence-electron chi connectivity index (χ0n) is 7.76. The lowest BCUT2D eigenvalue weighted by atomic mass is 10.1. The van der Waals surface area contributed by atoms with Crippen molar-refractivity contribution in [3.05, 3.63) is 0 Å². The van der Waals surface area contributed by atoms with Gasteiger partial charge in [0.05, 0.1) is 6.07 Å². The van der Waals surface area contributed by atoms with Crippen LogP contribution in [-0.4, -0.2) is 24.5 Å². The largest absolute Gasteiger partial charge is 0.303 e. The fraction of sp³-hybridized carbons (Fsp3) is 0.900. The van der Waals surface area contributed by atoms with Crippen molar-refractivity contribution in [3.8, 4) is 6.07 Å². The SMILES string of the molecule is N#CCCCCN1CCCCC1. The second-order valence-electron chi connectivity index (χ2n) is 3.52. The van der Waals surface area contributed by atoms with Crippen LogP contribution >= 0.6 is 0 Å². The topological polar surface area (TPSA) is 27.0 Å². The van der Waals surface area contributed by atoms with Gasteiger partial charge in [-0.05, 0) is 45.3 Å². The van der Waals surface area contributed by atoms with Gasteiger partial charge in [0.25, 0.3) is 0 Å². The summed E-state index contributed by atoms with van der Waals surface area (Å²) in [6.07, 6.45) is 7.17. The van der Waals surface area contributed by atoms with E-state index < -0.39 is 0 Å². The third kappa shape index (κ3) is 3.73. The Morgan fingerprint density at radius 3 is 2.50 bits per heavy atom. The molecule has 0 spiro atoms. The van der Waals surface area contributed by atoms with Crippen molar-refractivity contribution in [3.63, 3.8) is 0 Å². The predicted octanol–water partition coefficient (Wildman–Crippen LogP) is 2.17. The number of hydrogen-bond donors (Lipinski definition) is 0. The molecule has 0 aromatic rings. The maximum Gasteiger partial charge on any atom is 0.0621 e. The van der Waals surface area contributed by atoms with Gasteiger partial charge < -0.3 is 4.90 Å². The average Bonchev–Trinajstić information content (AvgIpc) is 2.14. The molecule has 0 atom stereocenters. The summed E-state index contributed by atoms with van der Waals surface area (Å²) in [4.78, 5) is 2.53. The standard InChI is InChI=1S/C10H18N2/c11-7-3-1-4-8-12-9-5-2-6-10-12/h1-6,8-10H2. The summed E-state index contributed by atoms with van der Waals surface area (Å²) in [5.41, 5.74) is 0. The van der Waals surface area contributed by atoms with E-state index in [1.165, 1.54) is 45.3 Å². The van der Waals surface area contributed by atoms with Crippen LogP contribution in [0.15, 0.2) is 0 Å². The van der Waals surface area contributed by atoms with Crippen LogP contribution in [0.2, 0.25) is 0 Å². The van der Waals surface area contributed by atoms with Crippen LogP contribution in [0.1, 0.15) is 38.5 Å². The number of unbranched alkanes of at least 4 members (excludes halogenated alkanes) is 2. The minimum atomic E-state index is 0.730. The molecule has 68 valence electrons. The number of nitriles is 1. The molecule has 0 radical (unpaired) electrons. The smallest absolute Gasteiger partial charge is 0.0621 e. The molecule has 0 amide bonds. The molecule has 1 heterocycles. The summed E-state index contributed by atoms with van der Waals surface area (Å²) < 4.78 is 0. The van der Waals surface area contributed by atoms with Crippen LogP contribution in [0.5, 0.6) is 0 Å². The van der Waals surface area contributed by atoms with Crippen molar-refractivity contribution in [1.82, 2.24) is 4.90 Å². The molecule has 1 saturated heterocycles. The van der Waals surface area contributed by atoms with E-state index in [-0.39, 0.29) is 0 Å². The second-order valence-corrected chi connectivity index (χ2v) is 3.52. The second kappa shape index (κ2) is 6.02. The van der Waals surface area contributed by atoms with Crippen molar-refractivity contribution >= 4 is 0 Å². The first-order valence-corrected chi connectivity index (χ1v) is 5.03. The number of rotatable bonds is 4. The Bertz CT molecular complexity index is 142. The van der Waals surface area contributed by atoms with Crippen LogP contribution in [-0.2, 0) is 0 Å². The molecule has 1 aliphatic rings. The average molecular weight is 166 g/mol. The maximum absolute atomic E-state index is 8.34. The van der Waals surface area contributed by atoms with Crippen molar-refractivity contribution in [2.24, 2.45) is 0 Å². The summed E-state index contributed by atoms with van der Waals surface area (Å²) >= 11 is 0. The summed E-state index contributed by atoms with van der Waals surface area (Å²) in [6.45, 7) is 3.78. The number of likely N-dealkylation sites (tertiary alicyclic amines) is 1. The normalized spacial score (nSPS) is 18.9. The maximum atomic E-state index is 8.34. The lowest BCUT2D eigenvalue weighted by Gasteiger charge is -2.26. The molecule has 0 aromatic carbocycles. The van der Waals surface area contributed by atoms with Gasteiger partial charge in [-0.25, -0.2) is 0 Å². The van der Waals surface area contributed by atoms with E-state index in [2.05, 4.69) is 11.0 Å². The van der Waals surface area contributed by atoms with Crippen LogP contribution < -0.4 is 0 Å². The highest BCUT2D eigenvalue weighted by Gasteiger charge is 2.08. The van der Waals surface area contributed by atoms with E-state index in [1.54, 1.807) is 0 Å². The van der Waals surface area contributed by atoms with Gasteiger partial charge in [0.1, 0.15) is 0 Å². The highest BCUT2D eigenvalue weighted by atomic mass is 15.1. The molecule has 0 N–H and O–H groups in total. The fourth-order valence-electron chi connectivity index (χ4n) is 1.72. The van der Waals surface area contributed by atoms with Crippen LogP contribution in [0.3, 0.4) is 0 Å². The molecule has 0 bridgehead atoms. The molecule has 2 nitrogen and oxygen atoms in total. The number of hydrogen-bond acceptors (Lipinski definition) is 2. The van der Waals surface area contributed by atoms with E-state index in [4.69, 9.17) is 5.26 Å². The van der Waals surface area contributed by atoms with Gasteiger partial charge in [0, 0.05) is 6.42 Å².